The van der Waals surface area contributed by atoms with Crippen molar-refractivity contribution in [2.75, 3.05) is 19.6 Å². The van der Waals surface area contributed by atoms with Gasteiger partial charge >= 0.3 is 0 Å². The van der Waals surface area contributed by atoms with Gasteiger partial charge in [0.25, 0.3) is 23.6 Å². The molecular weight excluding hydrogens is 432 g/mol. The summed E-state index contributed by atoms with van der Waals surface area (Å²) >= 11 is 0. The molecule has 6 rings (SSSR count). The van der Waals surface area contributed by atoms with E-state index in [4.69, 9.17) is 0 Å². The molecule has 0 spiro atoms. The van der Waals surface area contributed by atoms with Gasteiger partial charge in [0.2, 0.25) is 0 Å². The van der Waals surface area contributed by atoms with Crippen molar-refractivity contribution >= 4 is 34.5 Å². The van der Waals surface area contributed by atoms with Gasteiger partial charge in [-0.05, 0) is 55.5 Å². The molecule has 2 N–H and O–H groups in total. The number of hydrogen-bond acceptors (Lipinski definition) is 4. The number of carbonyl (C=O) groups is 4. The van der Waals surface area contributed by atoms with E-state index in [0.717, 1.165) is 30.2 Å². The van der Waals surface area contributed by atoms with E-state index < -0.39 is 11.8 Å². The second-order valence-electron chi connectivity index (χ2n) is 9.32. The molecule has 3 aliphatic heterocycles. The van der Waals surface area contributed by atoms with Crippen molar-refractivity contribution in [1.82, 2.24) is 20.1 Å². The largest absolute Gasteiger partial charge is 0.351 e. The van der Waals surface area contributed by atoms with Crippen LogP contribution in [0.2, 0.25) is 0 Å². The lowest BCUT2D eigenvalue weighted by atomic mass is 9.96. The van der Waals surface area contributed by atoms with Crippen molar-refractivity contribution in [3.63, 3.8) is 0 Å². The Morgan fingerprint density at radius 3 is 2.56 bits per heavy atom. The van der Waals surface area contributed by atoms with E-state index >= 15 is 0 Å². The highest BCUT2D eigenvalue weighted by Gasteiger charge is 2.40. The smallest absolute Gasteiger partial charge is 0.270 e. The van der Waals surface area contributed by atoms with Gasteiger partial charge in [-0.25, -0.2) is 0 Å². The van der Waals surface area contributed by atoms with E-state index in [9.17, 15) is 19.2 Å². The molecule has 0 radical (unpaired) electrons. The van der Waals surface area contributed by atoms with E-state index in [2.05, 4.69) is 10.3 Å². The number of benzene rings is 2. The SMILES string of the molecule is O=C1NC(=O)c2cc(C(=O)N3CCCC3C3CCN(C(=O)c4cc5ccccc5[nH]4)C3)ccc21. The Morgan fingerprint density at radius 2 is 1.71 bits per heavy atom. The summed E-state index contributed by atoms with van der Waals surface area (Å²) in [6.07, 6.45) is 2.66. The van der Waals surface area contributed by atoms with Crippen molar-refractivity contribution in [1.29, 1.82) is 0 Å². The summed E-state index contributed by atoms with van der Waals surface area (Å²) in [5, 5.41) is 3.28. The Labute approximate surface area is 195 Å². The Bertz CT molecular complexity index is 1330. The second kappa shape index (κ2) is 7.83. The summed E-state index contributed by atoms with van der Waals surface area (Å²) in [7, 11) is 0. The molecule has 3 aromatic rings. The van der Waals surface area contributed by atoms with Gasteiger partial charge in [-0.15, -0.1) is 0 Å². The summed E-state index contributed by atoms with van der Waals surface area (Å²) in [6, 6.07) is 14.5. The molecule has 2 atom stereocenters. The topological polar surface area (TPSA) is 103 Å². The molecule has 0 aliphatic carbocycles. The van der Waals surface area contributed by atoms with Crippen LogP contribution in [-0.4, -0.2) is 64.1 Å². The normalized spacial score (nSPS) is 21.9. The zero-order chi connectivity index (χ0) is 23.4. The van der Waals surface area contributed by atoms with Crippen molar-refractivity contribution < 1.29 is 19.2 Å². The molecule has 4 heterocycles. The summed E-state index contributed by atoms with van der Waals surface area (Å²) in [6.45, 7) is 1.93. The highest BCUT2D eigenvalue weighted by Crippen LogP contribution is 2.33. The van der Waals surface area contributed by atoms with Crippen molar-refractivity contribution in [3.05, 3.63) is 70.9 Å². The average molecular weight is 457 g/mol. The molecule has 0 bridgehead atoms. The van der Waals surface area contributed by atoms with Crippen LogP contribution >= 0.6 is 0 Å². The number of amides is 4. The number of nitrogens with one attached hydrogen (secondary N) is 2. The van der Waals surface area contributed by atoms with Gasteiger partial charge < -0.3 is 14.8 Å². The molecule has 2 unspecified atom stereocenters. The number of carbonyl (C=O) groups excluding carboxylic acids is 4. The Morgan fingerprint density at radius 1 is 0.882 bits per heavy atom. The highest BCUT2D eigenvalue weighted by molar-refractivity contribution is 6.22. The molecule has 34 heavy (non-hydrogen) atoms. The molecule has 172 valence electrons. The fraction of sp³-hybridized carbons (Fsp3) is 0.308. The lowest BCUT2D eigenvalue weighted by Gasteiger charge is -2.29. The summed E-state index contributed by atoms with van der Waals surface area (Å²) in [5.74, 6) is -0.820. The zero-order valence-electron chi connectivity index (χ0n) is 18.5. The third-order valence-corrected chi connectivity index (χ3v) is 7.36. The second-order valence-corrected chi connectivity index (χ2v) is 9.32. The fourth-order valence-corrected chi connectivity index (χ4v) is 5.65. The lowest BCUT2D eigenvalue weighted by molar-refractivity contribution is 0.0680. The third-order valence-electron chi connectivity index (χ3n) is 7.36. The number of rotatable bonds is 3. The Balaban J connectivity index is 1.18. The molecule has 2 saturated heterocycles. The van der Waals surface area contributed by atoms with Gasteiger partial charge in [-0.1, -0.05) is 18.2 Å². The predicted molar refractivity (Wildman–Crippen MR) is 125 cm³/mol. The Hall–Kier alpha value is -3.94. The number of para-hydroxylation sites is 1. The monoisotopic (exact) mass is 456 g/mol. The number of aromatic nitrogens is 1. The van der Waals surface area contributed by atoms with E-state index in [0.29, 0.717) is 36.5 Å². The average Bonchev–Trinajstić information content (AvgIpc) is 3.63. The van der Waals surface area contributed by atoms with Crippen LogP contribution in [0.1, 0.15) is 60.8 Å². The van der Waals surface area contributed by atoms with Crippen LogP contribution in [0.3, 0.4) is 0 Å². The van der Waals surface area contributed by atoms with Crippen LogP contribution in [0, 0.1) is 5.92 Å². The van der Waals surface area contributed by atoms with Crippen molar-refractivity contribution in [2.24, 2.45) is 5.92 Å². The zero-order valence-corrected chi connectivity index (χ0v) is 18.5. The van der Waals surface area contributed by atoms with E-state index in [1.54, 1.807) is 12.1 Å². The summed E-state index contributed by atoms with van der Waals surface area (Å²) < 4.78 is 0. The predicted octanol–water partition coefficient (Wildman–Crippen LogP) is 2.82. The number of aromatic amines is 1. The number of imide groups is 1. The quantitative estimate of drug-likeness (QED) is 0.592. The first-order valence-corrected chi connectivity index (χ1v) is 11.7. The van der Waals surface area contributed by atoms with Crippen LogP contribution in [0.25, 0.3) is 10.9 Å². The Kier molecular flexibility index (Phi) is 4.76. The molecule has 2 aromatic carbocycles. The number of hydrogen-bond donors (Lipinski definition) is 2. The molecule has 3 aliphatic rings. The highest BCUT2D eigenvalue weighted by atomic mass is 16.2. The number of H-pyrrole nitrogens is 1. The summed E-state index contributed by atoms with van der Waals surface area (Å²) in [4.78, 5) is 57.3. The minimum absolute atomic E-state index is 0.0103. The summed E-state index contributed by atoms with van der Waals surface area (Å²) in [5.41, 5.74) is 2.51. The van der Waals surface area contributed by atoms with Crippen LogP contribution in [0.4, 0.5) is 0 Å². The minimum Gasteiger partial charge on any atom is -0.351 e. The van der Waals surface area contributed by atoms with Gasteiger partial charge in [0.15, 0.2) is 0 Å². The molecule has 2 fully saturated rings. The minimum atomic E-state index is -0.463. The molecular formula is C26H24N4O4. The molecule has 4 amide bonds. The van der Waals surface area contributed by atoms with Gasteiger partial charge in [-0.2, -0.15) is 0 Å². The molecule has 8 heteroatoms. The number of fused-ring (bicyclic) bond motifs is 2. The van der Waals surface area contributed by atoms with Gasteiger partial charge in [0, 0.05) is 42.1 Å². The molecule has 0 saturated carbocycles. The van der Waals surface area contributed by atoms with Crippen LogP contribution in [-0.2, 0) is 0 Å². The van der Waals surface area contributed by atoms with Crippen LogP contribution in [0.5, 0.6) is 0 Å². The first kappa shape index (κ1) is 20.7. The lowest BCUT2D eigenvalue weighted by Crippen LogP contribution is -2.41. The first-order valence-electron chi connectivity index (χ1n) is 11.7. The third kappa shape index (κ3) is 3.29. The molecule has 1 aromatic heterocycles. The van der Waals surface area contributed by atoms with Crippen molar-refractivity contribution in [3.8, 4) is 0 Å². The number of nitrogens with zero attached hydrogens (tertiary/aromatic N) is 2. The van der Waals surface area contributed by atoms with Crippen LogP contribution < -0.4 is 5.32 Å². The van der Waals surface area contributed by atoms with E-state index in [-0.39, 0.29) is 29.3 Å². The fourth-order valence-electron chi connectivity index (χ4n) is 5.65. The van der Waals surface area contributed by atoms with E-state index in [1.165, 1.54) is 6.07 Å². The maximum atomic E-state index is 13.4. The maximum absolute atomic E-state index is 13.4. The first-order chi connectivity index (χ1) is 16.5. The standard InChI is InChI=1S/C26H24N4O4/c31-23-18-8-7-16(12-19(18)24(32)28-23)25(33)30-10-3-6-22(30)17-9-11-29(14-17)26(34)21-13-15-4-1-2-5-20(15)27-21/h1-2,4-5,7-8,12-13,17,22,27H,3,6,9-11,14H2,(H,28,31,32). The maximum Gasteiger partial charge on any atom is 0.270 e. The van der Waals surface area contributed by atoms with Crippen LogP contribution in [0.15, 0.2) is 48.5 Å². The van der Waals surface area contributed by atoms with Crippen molar-refractivity contribution in [2.45, 2.75) is 25.3 Å². The molecule has 8 nitrogen and oxygen atoms in total. The van der Waals surface area contributed by atoms with Gasteiger partial charge in [-0.3, -0.25) is 24.5 Å². The number of likely N-dealkylation sites (tertiary alicyclic amines) is 2. The van der Waals surface area contributed by atoms with Gasteiger partial charge in [0.05, 0.1) is 11.1 Å². The van der Waals surface area contributed by atoms with E-state index in [1.807, 2.05) is 40.1 Å². The van der Waals surface area contributed by atoms with Gasteiger partial charge in [0.1, 0.15) is 5.69 Å².